The lowest BCUT2D eigenvalue weighted by atomic mass is 9.82. The fraction of sp³-hybridized carbons (Fsp3) is 0.429. The molecule has 1 aliphatic rings. The number of aromatic nitrogens is 1. The van der Waals surface area contributed by atoms with E-state index in [-0.39, 0.29) is 11.5 Å². The number of carbonyl (C=O) groups excluding carboxylic acids is 3. The molecule has 0 saturated heterocycles. The van der Waals surface area contributed by atoms with Gasteiger partial charge in [-0.1, -0.05) is 37.5 Å². The Labute approximate surface area is 168 Å². The number of aromatic amines is 1. The third-order valence-corrected chi connectivity index (χ3v) is 5.54. The number of nitrogens with zero attached hydrogens (tertiary/aromatic N) is 1. The van der Waals surface area contributed by atoms with E-state index >= 15 is 0 Å². The van der Waals surface area contributed by atoms with E-state index in [2.05, 4.69) is 10.3 Å². The van der Waals surface area contributed by atoms with E-state index in [1.165, 1.54) is 13.2 Å². The smallest absolute Gasteiger partial charge is 0.323 e. The molecule has 1 saturated carbocycles. The zero-order chi connectivity index (χ0) is 21.0. The summed E-state index contributed by atoms with van der Waals surface area (Å²) in [5.74, 6) is -3.69. The maximum absolute atomic E-state index is 13.1. The number of nitrogens with one attached hydrogen (secondary N) is 2. The van der Waals surface area contributed by atoms with Gasteiger partial charge < -0.3 is 20.3 Å². The fourth-order valence-electron chi connectivity index (χ4n) is 4.16. The molecule has 2 aromatic rings. The van der Waals surface area contributed by atoms with Crippen LogP contribution in [0.2, 0.25) is 0 Å². The van der Waals surface area contributed by atoms with Crippen LogP contribution in [0.4, 0.5) is 0 Å². The first-order valence-electron chi connectivity index (χ1n) is 9.78. The van der Waals surface area contributed by atoms with Gasteiger partial charge in [-0.3, -0.25) is 19.2 Å². The molecule has 3 N–H and O–H groups in total. The van der Waals surface area contributed by atoms with Gasteiger partial charge in [0.25, 0.3) is 11.7 Å². The summed E-state index contributed by atoms with van der Waals surface area (Å²) in [6.45, 7) is -0.707. The fourth-order valence-corrected chi connectivity index (χ4v) is 4.16. The molecule has 1 aromatic carbocycles. The van der Waals surface area contributed by atoms with Gasteiger partial charge >= 0.3 is 5.97 Å². The van der Waals surface area contributed by atoms with Crippen LogP contribution in [-0.4, -0.2) is 58.2 Å². The Balaban J connectivity index is 1.97. The number of H-pyrrole nitrogens is 1. The van der Waals surface area contributed by atoms with Gasteiger partial charge in [0.2, 0.25) is 5.91 Å². The maximum atomic E-state index is 13.1. The summed E-state index contributed by atoms with van der Waals surface area (Å²) in [7, 11) is 1.45. The number of aliphatic carboxylic acids is 1. The van der Waals surface area contributed by atoms with Crippen molar-refractivity contribution in [2.45, 2.75) is 38.1 Å². The van der Waals surface area contributed by atoms with Crippen LogP contribution < -0.4 is 5.32 Å². The molecule has 1 heterocycles. The Morgan fingerprint density at radius 3 is 2.52 bits per heavy atom. The predicted molar refractivity (Wildman–Crippen MR) is 106 cm³/mol. The number of para-hydroxylation sites is 1. The summed E-state index contributed by atoms with van der Waals surface area (Å²) in [4.78, 5) is 54.2. The third-order valence-electron chi connectivity index (χ3n) is 5.54. The van der Waals surface area contributed by atoms with Crippen LogP contribution in [-0.2, 0) is 14.4 Å². The summed E-state index contributed by atoms with van der Waals surface area (Å²) >= 11 is 0. The molecule has 1 aromatic heterocycles. The number of carboxylic acids is 1. The van der Waals surface area contributed by atoms with E-state index in [9.17, 15) is 24.3 Å². The number of fused-ring (bicyclic) bond motifs is 1. The van der Waals surface area contributed by atoms with Gasteiger partial charge in [0.1, 0.15) is 12.6 Å². The van der Waals surface area contributed by atoms with E-state index in [1.807, 2.05) is 0 Å². The Kier molecular flexibility index (Phi) is 6.31. The minimum absolute atomic E-state index is 0.167. The zero-order valence-electron chi connectivity index (χ0n) is 16.3. The number of ketones is 1. The summed E-state index contributed by atoms with van der Waals surface area (Å²) < 4.78 is 0. The molecule has 0 spiro atoms. The molecule has 1 atom stereocenters. The van der Waals surface area contributed by atoms with E-state index < -0.39 is 36.2 Å². The van der Waals surface area contributed by atoms with Crippen molar-refractivity contribution in [3.05, 3.63) is 36.0 Å². The number of benzene rings is 1. The van der Waals surface area contributed by atoms with Crippen molar-refractivity contribution >= 4 is 34.5 Å². The molecular formula is C21H25N3O5. The standard InChI is InChI=1S/C21H25N3O5/c1-22-20(28)18(13-7-3-2-4-8-13)24(12-17(25)26)21(29)19(27)15-11-23-16-10-6-5-9-14(15)16/h5-6,9-11,13,18,23H,2-4,7-8,12H2,1H3,(H,22,28)(H,25,26). The number of rotatable bonds is 7. The molecule has 8 nitrogen and oxygen atoms in total. The number of amides is 2. The van der Waals surface area contributed by atoms with E-state index in [0.29, 0.717) is 23.7 Å². The highest BCUT2D eigenvalue weighted by Crippen LogP contribution is 2.30. The molecule has 2 amide bonds. The number of carbonyl (C=O) groups is 4. The molecule has 1 fully saturated rings. The number of hydrogen-bond donors (Lipinski definition) is 3. The van der Waals surface area contributed by atoms with Crippen LogP contribution in [0, 0.1) is 5.92 Å². The molecule has 1 unspecified atom stereocenters. The van der Waals surface area contributed by atoms with E-state index in [0.717, 1.165) is 24.2 Å². The average molecular weight is 399 g/mol. The zero-order valence-corrected chi connectivity index (χ0v) is 16.3. The molecule has 1 aliphatic carbocycles. The van der Waals surface area contributed by atoms with Crippen molar-refractivity contribution in [1.82, 2.24) is 15.2 Å². The van der Waals surface area contributed by atoms with Crippen molar-refractivity contribution in [2.75, 3.05) is 13.6 Å². The molecule has 154 valence electrons. The van der Waals surface area contributed by atoms with Crippen LogP contribution in [0.5, 0.6) is 0 Å². The third kappa shape index (κ3) is 4.31. The second-order valence-electron chi connectivity index (χ2n) is 7.36. The first-order chi connectivity index (χ1) is 13.9. The topological polar surface area (TPSA) is 120 Å². The second kappa shape index (κ2) is 8.89. The van der Waals surface area contributed by atoms with Crippen molar-refractivity contribution < 1.29 is 24.3 Å². The van der Waals surface area contributed by atoms with Gasteiger partial charge in [-0.05, 0) is 24.8 Å². The SMILES string of the molecule is CNC(=O)C(C1CCCCC1)N(CC(=O)O)C(=O)C(=O)c1c[nH]c2ccccc12. The highest BCUT2D eigenvalue weighted by atomic mass is 16.4. The normalized spacial score (nSPS) is 15.6. The average Bonchev–Trinajstić information content (AvgIpc) is 3.16. The van der Waals surface area contributed by atoms with Crippen molar-refractivity contribution in [2.24, 2.45) is 5.92 Å². The van der Waals surface area contributed by atoms with Gasteiger partial charge in [0.05, 0.1) is 5.56 Å². The predicted octanol–water partition coefficient (Wildman–Crippen LogP) is 1.96. The van der Waals surface area contributed by atoms with Gasteiger partial charge in [0, 0.05) is 24.1 Å². The number of carboxylic acid groups (broad SMARTS) is 1. The Morgan fingerprint density at radius 1 is 1.17 bits per heavy atom. The van der Waals surface area contributed by atoms with Crippen LogP contribution in [0.3, 0.4) is 0 Å². The van der Waals surface area contributed by atoms with E-state index in [1.54, 1.807) is 24.3 Å². The van der Waals surface area contributed by atoms with Crippen molar-refractivity contribution in [3.8, 4) is 0 Å². The van der Waals surface area contributed by atoms with Crippen molar-refractivity contribution in [1.29, 1.82) is 0 Å². The Morgan fingerprint density at radius 2 is 1.86 bits per heavy atom. The quantitative estimate of drug-likeness (QED) is 0.486. The molecular weight excluding hydrogens is 374 g/mol. The lowest BCUT2D eigenvalue weighted by molar-refractivity contribution is -0.148. The summed E-state index contributed by atoms with van der Waals surface area (Å²) in [6, 6.07) is 6.06. The molecule has 0 bridgehead atoms. The molecule has 0 aliphatic heterocycles. The van der Waals surface area contributed by atoms with E-state index in [4.69, 9.17) is 0 Å². The lowest BCUT2D eigenvalue weighted by Crippen LogP contribution is -2.56. The number of Topliss-reactive ketones (excluding diaryl/α,β-unsaturated/α-hetero) is 1. The van der Waals surface area contributed by atoms with Gasteiger partial charge in [0.15, 0.2) is 0 Å². The number of likely N-dealkylation sites (N-methyl/N-ethyl adjacent to an activating group) is 1. The first kappa shape index (κ1) is 20.6. The summed E-state index contributed by atoms with van der Waals surface area (Å²) in [6.07, 6.45) is 5.72. The van der Waals surface area contributed by atoms with Gasteiger partial charge in [-0.15, -0.1) is 0 Å². The van der Waals surface area contributed by atoms with Gasteiger partial charge in [-0.2, -0.15) is 0 Å². The largest absolute Gasteiger partial charge is 0.480 e. The van der Waals surface area contributed by atoms with Crippen molar-refractivity contribution in [3.63, 3.8) is 0 Å². The molecule has 3 rings (SSSR count). The second-order valence-corrected chi connectivity index (χ2v) is 7.36. The summed E-state index contributed by atoms with van der Waals surface area (Å²) in [5, 5.41) is 12.5. The van der Waals surface area contributed by atoms with Crippen LogP contribution in [0.1, 0.15) is 42.5 Å². The molecule has 0 radical (unpaired) electrons. The van der Waals surface area contributed by atoms with Crippen LogP contribution in [0.25, 0.3) is 10.9 Å². The monoisotopic (exact) mass is 399 g/mol. The first-order valence-corrected chi connectivity index (χ1v) is 9.78. The summed E-state index contributed by atoms with van der Waals surface area (Å²) in [5.41, 5.74) is 0.865. The Bertz CT molecular complexity index is 929. The highest BCUT2D eigenvalue weighted by molar-refractivity contribution is 6.45. The highest BCUT2D eigenvalue weighted by Gasteiger charge is 2.40. The minimum Gasteiger partial charge on any atom is -0.480 e. The number of hydrogen-bond acceptors (Lipinski definition) is 4. The Hall–Kier alpha value is -3.16. The molecule has 29 heavy (non-hydrogen) atoms. The minimum atomic E-state index is -1.27. The lowest BCUT2D eigenvalue weighted by Gasteiger charge is -2.36. The molecule has 8 heteroatoms. The maximum Gasteiger partial charge on any atom is 0.323 e. The van der Waals surface area contributed by atoms with Crippen LogP contribution in [0.15, 0.2) is 30.5 Å². The van der Waals surface area contributed by atoms with Gasteiger partial charge in [-0.25, -0.2) is 0 Å². The van der Waals surface area contributed by atoms with Crippen LogP contribution >= 0.6 is 0 Å².